The van der Waals surface area contributed by atoms with Crippen molar-refractivity contribution in [1.82, 2.24) is 5.43 Å². The average molecular weight is 333 g/mol. The summed E-state index contributed by atoms with van der Waals surface area (Å²) in [6.07, 6.45) is 0. The second-order valence-corrected chi connectivity index (χ2v) is 5.78. The molecular formula is C11H11BrClN3S. The first kappa shape index (κ1) is 12.9. The third kappa shape index (κ3) is 2.64. The van der Waals surface area contributed by atoms with E-state index < -0.39 is 0 Å². The Morgan fingerprint density at radius 3 is 2.71 bits per heavy atom. The van der Waals surface area contributed by atoms with Crippen LogP contribution in [0.25, 0.3) is 0 Å². The van der Waals surface area contributed by atoms with E-state index in [0.29, 0.717) is 10.7 Å². The molecule has 1 unspecified atom stereocenters. The van der Waals surface area contributed by atoms with Crippen LogP contribution in [0.5, 0.6) is 0 Å². The lowest BCUT2D eigenvalue weighted by Crippen LogP contribution is -2.29. The largest absolute Gasteiger partial charge is 0.398 e. The number of anilines is 1. The average Bonchev–Trinajstić information content (AvgIpc) is 2.71. The van der Waals surface area contributed by atoms with Crippen molar-refractivity contribution in [1.29, 1.82) is 0 Å². The maximum Gasteiger partial charge on any atom is 0.0837 e. The number of nitrogens with one attached hydrogen (secondary N) is 1. The van der Waals surface area contributed by atoms with E-state index in [1.165, 1.54) is 0 Å². The number of thiophene rings is 1. The van der Waals surface area contributed by atoms with Gasteiger partial charge in [0.05, 0.1) is 11.1 Å². The van der Waals surface area contributed by atoms with Crippen molar-refractivity contribution in [2.45, 2.75) is 6.04 Å². The van der Waals surface area contributed by atoms with E-state index in [9.17, 15) is 0 Å². The van der Waals surface area contributed by atoms with Gasteiger partial charge in [0.1, 0.15) is 0 Å². The fraction of sp³-hybridized carbons (Fsp3) is 0.0909. The maximum atomic E-state index is 6.12. The van der Waals surface area contributed by atoms with Crippen molar-refractivity contribution in [2.75, 3.05) is 5.73 Å². The Morgan fingerprint density at radius 1 is 1.35 bits per heavy atom. The molecule has 0 saturated heterocycles. The second-order valence-electron chi connectivity index (χ2n) is 3.51. The Balaban J connectivity index is 2.49. The number of hydrazine groups is 1. The van der Waals surface area contributed by atoms with Crippen LogP contribution in [-0.4, -0.2) is 0 Å². The van der Waals surface area contributed by atoms with E-state index >= 15 is 0 Å². The van der Waals surface area contributed by atoms with Crippen molar-refractivity contribution < 1.29 is 0 Å². The van der Waals surface area contributed by atoms with Gasteiger partial charge >= 0.3 is 0 Å². The first-order valence-corrected chi connectivity index (χ1v) is 6.92. The number of hydrogen-bond donors (Lipinski definition) is 3. The zero-order valence-electron chi connectivity index (χ0n) is 8.78. The molecule has 0 radical (unpaired) electrons. The van der Waals surface area contributed by atoms with E-state index in [4.69, 9.17) is 23.2 Å². The van der Waals surface area contributed by atoms with Gasteiger partial charge in [0.2, 0.25) is 0 Å². The fourth-order valence-corrected chi connectivity index (χ4v) is 3.24. The maximum absolute atomic E-state index is 6.12. The minimum Gasteiger partial charge on any atom is -0.398 e. The number of hydrogen-bond acceptors (Lipinski definition) is 4. The minimum atomic E-state index is -0.194. The van der Waals surface area contributed by atoms with Crippen molar-refractivity contribution >= 4 is 44.6 Å². The number of nitrogens with two attached hydrogens (primary N) is 2. The molecule has 0 bridgehead atoms. The molecule has 2 aromatic rings. The molecule has 0 saturated carbocycles. The van der Waals surface area contributed by atoms with Gasteiger partial charge in [-0.3, -0.25) is 5.84 Å². The zero-order chi connectivity index (χ0) is 12.4. The highest BCUT2D eigenvalue weighted by molar-refractivity contribution is 9.10. The van der Waals surface area contributed by atoms with Gasteiger partial charge < -0.3 is 5.73 Å². The standard InChI is InChI=1S/C11H11BrClN3S/c12-6-1-2-9(14)7(5-6)10(16-15)11-8(13)3-4-17-11/h1-5,10,16H,14-15H2. The number of halogens is 2. The predicted molar refractivity (Wildman–Crippen MR) is 77.0 cm³/mol. The summed E-state index contributed by atoms with van der Waals surface area (Å²) in [7, 11) is 0. The third-order valence-electron chi connectivity index (χ3n) is 2.43. The first-order valence-electron chi connectivity index (χ1n) is 4.87. The summed E-state index contributed by atoms with van der Waals surface area (Å²) in [6, 6.07) is 7.32. The van der Waals surface area contributed by atoms with E-state index in [1.807, 2.05) is 29.6 Å². The van der Waals surface area contributed by atoms with Gasteiger partial charge in [-0.05, 0) is 35.2 Å². The molecule has 0 aliphatic carbocycles. The molecule has 0 aliphatic heterocycles. The summed E-state index contributed by atoms with van der Waals surface area (Å²) in [5, 5.41) is 2.62. The first-order chi connectivity index (χ1) is 8.13. The zero-order valence-corrected chi connectivity index (χ0v) is 11.9. The van der Waals surface area contributed by atoms with Crippen molar-refractivity contribution in [2.24, 2.45) is 5.84 Å². The summed E-state index contributed by atoms with van der Waals surface area (Å²) < 4.78 is 0.953. The molecule has 17 heavy (non-hydrogen) atoms. The van der Waals surface area contributed by atoms with E-state index in [2.05, 4.69) is 21.4 Å². The summed E-state index contributed by atoms with van der Waals surface area (Å²) >= 11 is 11.1. The quantitative estimate of drug-likeness (QED) is 0.459. The third-order valence-corrected chi connectivity index (χ3v) is 4.35. The van der Waals surface area contributed by atoms with Crippen molar-refractivity contribution in [3.05, 3.63) is 49.6 Å². The Bertz CT molecular complexity index is 529. The number of benzene rings is 1. The van der Waals surface area contributed by atoms with Crippen LogP contribution in [-0.2, 0) is 0 Å². The molecule has 6 heteroatoms. The summed E-state index contributed by atoms with van der Waals surface area (Å²) in [5.74, 6) is 5.61. The van der Waals surface area contributed by atoms with Crippen LogP contribution in [0.2, 0.25) is 5.02 Å². The second kappa shape index (κ2) is 5.37. The summed E-state index contributed by atoms with van der Waals surface area (Å²) in [6.45, 7) is 0. The van der Waals surface area contributed by atoms with E-state index in [-0.39, 0.29) is 6.04 Å². The van der Waals surface area contributed by atoms with Gasteiger partial charge in [-0.2, -0.15) is 0 Å². The monoisotopic (exact) mass is 331 g/mol. The van der Waals surface area contributed by atoms with Crippen LogP contribution < -0.4 is 17.0 Å². The Morgan fingerprint density at radius 2 is 2.12 bits per heavy atom. The molecule has 0 amide bonds. The minimum absolute atomic E-state index is 0.194. The van der Waals surface area contributed by atoms with Gasteiger partial charge in [0, 0.05) is 15.0 Å². The molecule has 3 nitrogen and oxygen atoms in total. The van der Waals surface area contributed by atoms with Crippen LogP contribution in [0.15, 0.2) is 34.1 Å². The van der Waals surface area contributed by atoms with Crippen LogP contribution in [0, 0.1) is 0 Å². The highest BCUT2D eigenvalue weighted by atomic mass is 79.9. The molecule has 1 aromatic heterocycles. The normalized spacial score (nSPS) is 12.6. The lowest BCUT2D eigenvalue weighted by atomic mass is 10.0. The van der Waals surface area contributed by atoms with Crippen LogP contribution >= 0.6 is 38.9 Å². The van der Waals surface area contributed by atoms with Gasteiger partial charge in [-0.25, -0.2) is 5.43 Å². The smallest absolute Gasteiger partial charge is 0.0837 e. The van der Waals surface area contributed by atoms with Crippen LogP contribution in [0.4, 0.5) is 5.69 Å². The van der Waals surface area contributed by atoms with Gasteiger partial charge in [-0.15, -0.1) is 11.3 Å². The molecule has 1 atom stereocenters. The number of nitrogen functional groups attached to an aromatic ring is 1. The lowest BCUT2D eigenvalue weighted by Gasteiger charge is -2.17. The van der Waals surface area contributed by atoms with Crippen molar-refractivity contribution in [3.8, 4) is 0 Å². The summed E-state index contributed by atoms with van der Waals surface area (Å²) in [5.41, 5.74) is 10.3. The molecule has 1 heterocycles. The Labute approximate surface area is 117 Å². The fourth-order valence-electron chi connectivity index (χ4n) is 1.61. The molecule has 0 spiro atoms. The van der Waals surface area contributed by atoms with Gasteiger partial charge in [-0.1, -0.05) is 27.5 Å². The van der Waals surface area contributed by atoms with Gasteiger partial charge in [0.15, 0.2) is 0 Å². The Kier molecular flexibility index (Phi) is 4.06. The molecule has 0 fully saturated rings. The van der Waals surface area contributed by atoms with Gasteiger partial charge in [0.25, 0.3) is 0 Å². The SMILES string of the molecule is NNC(c1cc(Br)ccc1N)c1sccc1Cl. The molecule has 0 aliphatic rings. The highest BCUT2D eigenvalue weighted by Crippen LogP contribution is 2.35. The Hall–Kier alpha value is -0.590. The highest BCUT2D eigenvalue weighted by Gasteiger charge is 2.19. The topological polar surface area (TPSA) is 64.1 Å². The molecular weight excluding hydrogens is 322 g/mol. The molecule has 1 aromatic carbocycles. The predicted octanol–water partition coefficient (Wildman–Crippen LogP) is 3.30. The van der Waals surface area contributed by atoms with Crippen molar-refractivity contribution in [3.63, 3.8) is 0 Å². The van der Waals surface area contributed by atoms with Crippen LogP contribution in [0.1, 0.15) is 16.5 Å². The van der Waals surface area contributed by atoms with E-state index in [0.717, 1.165) is 14.9 Å². The molecule has 2 rings (SSSR count). The lowest BCUT2D eigenvalue weighted by molar-refractivity contribution is 0.648. The summed E-state index contributed by atoms with van der Waals surface area (Å²) in [4.78, 5) is 0.957. The number of rotatable bonds is 3. The van der Waals surface area contributed by atoms with E-state index in [1.54, 1.807) is 11.3 Å². The molecule has 5 N–H and O–H groups in total. The van der Waals surface area contributed by atoms with Crippen LogP contribution in [0.3, 0.4) is 0 Å². The molecule has 90 valence electrons.